The van der Waals surface area contributed by atoms with Crippen LogP contribution in [-0.4, -0.2) is 44.3 Å². The molecule has 0 aromatic heterocycles. The van der Waals surface area contributed by atoms with E-state index in [0.717, 1.165) is 17.0 Å². The molecular weight excluding hydrogens is 610 g/mol. The zero-order valence-corrected chi connectivity index (χ0v) is 25.3. The molecule has 2 amide bonds. The molecule has 0 spiro atoms. The highest BCUT2D eigenvalue weighted by molar-refractivity contribution is 7.92. The summed E-state index contributed by atoms with van der Waals surface area (Å²) in [5, 5.41) is 2.12. The zero-order valence-electron chi connectivity index (χ0n) is 23.7. The number of nitrogens with zero attached hydrogens (tertiary/aromatic N) is 2. The lowest BCUT2D eigenvalue weighted by molar-refractivity contribution is -0.140. The van der Waals surface area contributed by atoms with E-state index in [9.17, 15) is 35.6 Å². The van der Waals surface area contributed by atoms with Crippen molar-refractivity contribution in [2.24, 2.45) is 5.92 Å². The fourth-order valence-corrected chi connectivity index (χ4v) is 5.91. The van der Waals surface area contributed by atoms with Crippen molar-refractivity contribution in [3.63, 3.8) is 0 Å². The van der Waals surface area contributed by atoms with Gasteiger partial charge in [0.15, 0.2) is 0 Å². The number of halogens is 5. The molecule has 0 bridgehead atoms. The Kier molecular flexibility index (Phi) is 11.2. The Labute approximate surface area is 253 Å². The number of carbonyl (C=O) groups is 2. The van der Waals surface area contributed by atoms with E-state index >= 15 is 0 Å². The predicted octanol–water partition coefficient (Wildman–Crippen LogP) is 6.27. The summed E-state index contributed by atoms with van der Waals surface area (Å²) in [5.41, 5.74) is -1.28. The van der Waals surface area contributed by atoms with Gasteiger partial charge in [-0.15, -0.1) is 0 Å². The number of carbonyl (C=O) groups excluding carboxylic acids is 2. The average molecular weight is 642 g/mol. The van der Waals surface area contributed by atoms with Gasteiger partial charge in [0.2, 0.25) is 11.8 Å². The van der Waals surface area contributed by atoms with Gasteiger partial charge < -0.3 is 10.2 Å². The lowest BCUT2D eigenvalue weighted by Crippen LogP contribution is -2.52. The summed E-state index contributed by atoms with van der Waals surface area (Å²) in [6.07, 6.45) is -4.77. The van der Waals surface area contributed by atoms with Crippen LogP contribution in [0.15, 0.2) is 77.7 Å². The van der Waals surface area contributed by atoms with Crippen molar-refractivity contribution < 1.29 is 35.6 Å². The van der Waals surface area contributed by atoms with Crippen LogP contribution in [0.2, 0.25) is 5.02 Å². The van der Waals surface area contributed by atoms with Gasteiger partial charge in [0.05, 0.1) is 21.2 Å². The van der Waals surface area contributed by atoms with E-state index in [4.69, 9.17) is 11.6 Å². The Balaban J connectivity index is 2.12. The summed E-state index contributed by atoms with van der Waals surface area (Å²) >= 11 is 5.79. The molecule has 0 saturated carbocycles. The maximum absolute atomic E-state index is 14.0. The van der Waals surface area contributed by atoms with Crippen molar-refractivity contribution in [1.29, 1.82) is 0 Å². The van der Waals surface area contributed by atoms with E-state index in [-0.39, 0.29) is 23.8 Å². The summed E-state index contributed by atoms with van der Waals surface area (Å²) in [4.78, 5) is 28.1. The highest BCUT2D eigenvalue weighted by Crippen LogP contribution is 2.38. The highest BCUT2D eigenvalue weighted by atomic mass is 35.5. The van der Waals surface area contributed by atoms with Crippen LogP contribution in [0.5, 0.6) is 0 Å². The van der Waals surface area contributed by atoms with Gasteiger partial charge in [-0.2, -0.15) is 13.2 Å². The monoisotopic (exact) mass is 641 g/mol. The number of hydrogen-bond acceptors (Lipinski definition) is 4. The van der Waals surface area contributed by atoms with E-state index in [0.29, 0.717) is 22.5 Å². The molecule has 232 valence electrons. The summed E-state index contributed by atoms with van der Waals surface area (Å²) < 4.78 is 83.0. The second-order valence-electron chi connectivity index (χ2n) is 10.2. The predicted molar refractivity (Wildman–Crippen MR) is 156 cm³/mol. The molecule has 0 radical (unpaired) electrons. The Hall–Kier alpha value is -3.64. The Morgan fingerprint density at radius 2 is 1.60 bits per heavy atom. The zero-order chi connectivity index (χ0) is 31.9. The smallest absolute Gasteiger partial charge is 0.354 e. The topological polar surface area (TPSA) is 86.8 Å². The van der Waals surface area contributed by atoms with E-state index in [1.54, 1.807) is 13.0 Å². The van der Waals surface area contributed by atoms with Gasteiger partial charge in [0.1, 0.15) is 18.4 Å². The summed E-state index contributed by atoms with van der Waals surface area (Å²) in [5.74, 6) is -1.78. The molecule has 13 heteroatoms. The molecular formula is C30H32ClF4N3O4S. The first-order valence-corrected chi connectivity index (χ1v) is 15.2. The van der Waals surface area contributed by atoms with Gasteiger partial charge in [-0.1, -0.05) is 62.7 Å². The van der Waals surface area contributed by atoms with Gasteiger partial charge >= 0.3 is 6.18 Å². The molecule has 0 unspecified atom stereocenters. The third kappa shape index (κ3) is 8.70. The number of alkyl halides is 3. The molecule has 0 fully saturated rings. The third-order valence-corrected chi connectivity index (χ3v) is 8.61. The minimum Gasteiger partial charge on any atom is -0.354 e. The van der Waals surface area contributed by atoms with E-state index in [1.165, 1.54) is 48.5 Å². The fraction of sp³-hybridized carbons (Fsp3) is 0.333. The number of nitrogens with one attached hydrogen (secondary N) is 1. The van der Waals surface area contributed by atoms with E-state index < -0.39 is 62.7 Å². The van der Waals surface area contributed by atoms with Crippen molar-refractivity contribution in [2.45, 2.75) is 50.9 Å². The molecule has 0 aliphatic carbocycles. The number of hydrogen-bond donors (Lipinski definition) is 1. The molecule has 43 heavy (non-hydrogen) atoms. The van der Waals surface area contributed by atoms with E-state index in [1.807, 2.05) is 13.8 Å². The van der Waals surface area contributed by atoms with Crippen LogP contribution in [-0.2, 0) is 32.3 Å². The van der Waals surface area contributed by atoms with Gasteiger partial charge in [0, 0.05) is 13.1 Å². The van der Waals surface area contributed by atoms with Gasteiger partial charge in [-0.3, -0.25) is 13.9 Å². The number of amides is 2. The first kappa shape index (κ1) is 33.9. The normalized spacial score (nSPS) is 12.6. The van der Waals surface area contributed by atoms with Crippen LogP contribution >= 0.6 is 11.6 Å². The third-order valence-electron chi connectivity index (χ3n) is 6.49. The van der Waals surface area contributed by atoms with Gasteiger partial charge in [-0.25, -0.2) is 12.8 Å². The summed E-state index contributed by atoms with van der Waals surface area (Å²) in [7, 11) is -4.59. The summed E-state index contributed by atoms with van der Waals surface area (Å²) in [6, 6.07) is 13.6. The Bertz CT molecular complexity index is 1520. The van der Waals surface area contributed by atoms with Crippen molar-refractivity contribution in [1.82, 2.24) is 10.2 Å². The van der Waals surface area contributed by atoms with Gasteiger partial charge in [0.25, 0.3) is 10.0 Å². The van der Waals surface area contributed by atoms with E-state index in [2.05, 4.69) is 5.32 Å². The number of anilines is 1. The maximum Gasteiger partial charge on any atom is 0.417 e. The van der Waals surface area contributed by atoms with Crippen LogP contribution in [0.25, 0.3) is 0 Å². The molecule has 3 rings (SSSR count). The molecule has 3 aromatic rings. The number of sulfonamides is 1. The fourth-order valence-electron chi connectivity index (χ4n) is 4.26. The van der Waals surface area contributed by atoms with Crippen LogP contribution in [0.4, 0.5) is 23.2 Å². The largest absolute Gasteiger partial charge is 0.417 e. The number of benzene rings is 3. The minimum absolute atomic E-state index is 0.0990. The van der Waals surface area contributed by atoms with Gasteiger partial charge in [-0.05, 0) is 60.4 Å². The molecule has 0 heterocycles. The second kappa shape index (κ2) is 14.2. The second-order valence-corrected chi connectivity index (χ2v) is 12.5. The molecule has 0 aliphatic rings. The minimum atomic E-state index is -4.91. The van der Waals surface area contributed by atoms with Crippen LogP contribution in [0.1, 0.15) is 38.3 Å². The van der Waals surface area contributed by atoms with Crippen molar-refractivity contribution in [3.05, 3.63) is 94.8 Å². The molecule has 7 nitrogen and oxygen atoms in total. The van der Waals surface area contributed by atoms with Crippen LogP contribution < -0.4 is 9.62 Å². The molecule has 1 N–H and O–H groups in total. The quantitative estimate of drug-likeness (QED) is 0.236. The Morgan fingerprint density at radius 1 is 0.977 bits per heavy atom. The number of rotatable bonds is 12. The van der Waals surface area contributed by atoms with Crippen molar-refractivity contribution in [2.75, 3.05) is 17.4 Å². The lowest BCUT2D eigenvalue weighted by atomic mass is 10.1. The molecule has 1 atom stereocenters. The van der Waals surface area contributed by atoms with Crippen LogP contribution in [0.3, 0.4) is 0 Å². The van der Waals surface area contributed by atoms with Crippen molar-refractivity contribution >= 4 is 39.1 Å². The first-order valence-electron chi connectivity index (χ1n) is 13.4. The van der Waals surface area contributed by atoms with Crippen LogP contribution in [0, 0.1) is 11.7 Å². The average Bonchev–Trinajstić information content (AvgIpc) is 2.95. The lowest BCUT2D eigenvalue weighted by Gasteiger charge is -2.33. The van der Waals surface area contributed by atoms with Crippen molar-refractivity contribution in [3.8, 4) is 0 Å². The standard InChI is InChI=1S/C30H32ClF4N3O4S/c1-4-27(29(40)36-17-20(2)3)37(18-21-10-12-22(32)13-11-21)28(39)19-38(43(41,42)24-8-6-5-7-9-24)23-14-15-26(31)25(16-23)30(33,34)35/h5-16,20,27H,4,17-19H2,1-3H3,(H,36,40)/t27-/m0/s1. The SMILES string of the molecule is CC[C@@H](C(=O)NCC(C)C)N(Cc1ccc(F)cc1)C(=O)CN(c1ccc(Cl)c(C(F)(F)F)c1)S(=O)(=O)c1ccccc1. The highest BCUT2D eigenvalue weighted by Gasteiger charge is 2.37. The molecule has 3 aromatic carbocycles. The molecule has 0 saturated heterocycles. The molecule has 0 aliphatic heterocycles. The Morgan fingerprint density at radius 3 is 2.16 bits per heavy atom. The summed E-state index contributed by atoms with van der Waals surface area (Å²) in [6.45, 7) is 4.61. The maximum atomic E-state index is 14.0. The first-order chi connectivity index (χ1) is 20.1.